The molecule has 0 saturated carbocycles. The Morgan fingerprint density at radius 1 is 0.800 bits per heavy atom. The van der Waals surface area contributed by atoms with E-state index >= 15 is 0 Å². The fourth-order valence-electron chi connectivity index (χ4n) is 3.69. The molecule has 5 rings (SSSR count). The van der Waals surface area contributed by atoms with Gasteiger partial charge in [0.25, 0.3) is 0 Å². The molecule has 1 aliphatic heterocycles. The fraction of sp³-hybridized carbons (Fsp3) is 0.161. The molecule has 0 N–H and O–H groups in total. The molecule has 3 aromatic rings. The van der Waals surface area contributed by atoms with Gasteiger partial charge in [-0.15, -0.1) is 11.3 Å². The Kier molecular flexibility index (Phi) is 8.19. The van der Waals surface area contributed by atoms with E-state index in [9.17, 15) is 9.59 Å². The first-order valence-corrected chi connectivity index (χ1v) is 12.5. The Bertz CT molecular complexity index is 1410. The van der Waals surface area contributed by atoms with Crippen LogP contribution in [0.15, 0.2) is 114 Å². The Morgan fingerprint density at radius 3 is 2.17 bits per heavy atom. The molecule has 0 spiro atoms. The van der Waals surface area contributed by atoms with E-state index < -0.39 is 6.10 Å². The quantitative estimate of drug-likeness (QED) is 0.185. The molecule has 1 unspecified atom stereocenters. The monoisotopic (exact) mass is 480 g/mol. The van der Waals surface area contributed by atoms with Crippen molar-refractivity contribution in [2.45, 2.75) is 20.0 Å². The van der Waals surface area contributed by atoms with E-state index in [1.165, 1.54) is 10.1 Å². The molecular formula is C31H28O3S. The molecule has 3 nitrogen and oxygen atoms in total. The number of carbonyl (C=O) groups is 1. The number of hydrogen-bond donors (Lipinski definition) is 0. The van der Waals surface area contributed by atoms with Crippen molar-refractivity contribution in [3.05, 3.63) is 131 Å². The van der Waals surface area contributed by atoms with E-state index in [2.05, 4.69) is 32.0 Å². The lowest BCUT2D eigenvalue weighted by Gasteiger charge is -2.18. The van der Waals surface area contributed by atoms with Crippen LogP contribution in [0.25, 0.3) is 20.5 Å². The molecule has 0 fully saturated rings. The second-order valence-electron chi connectivity index (χ2n) is 8.73. The third-order valence-electron chi connectivity index (χ3n) is 5.43. The Balaban J connectivity index is 0.000000171. The predicted octanol–water partition coefficient (Wildman–Crippen LogP) is 7.65. The molecule has 0 amide bonds. The summed E-state index contributed by atoms with van der Waals surface area (Å²) in [6.07, 6.45) is -0.527. The van der Waals surface area contributed by atoms with Crippen molar-refractivity contribution in [3.63, 3.8) is 0 Å². The summed E-state index contributed by atoms with van der Waals surface area (Å²) in [5, 5.41) is 1.23. The van der Waals surface area contributed by atoms with E-state index in [1.54, 1.807) is 23.5 Å². The summed E-state index contributed by atoms with van der Waals surface area (Å²) < 4.78 is 7.07. The Labute approximate surface area is 210 Å². The minimum atomic E-state index is -0.527. The van der Waals surface area contributed by atoms with Crippen molar-refractivity contribution < 1.29 is 9.53 Å². The number of ether oxygens (including phenoxy) is 1. The highest BCUT2D eigenvalue weighted by Crippen LogP contribution is 2.31. The summed E-state index contributed by atoms with van der Waals surface area (Å²) in [6, 6.07) is 34.5. The highest BCUT2D eigenvalue weighted by molar-refractivity contribution is 7.21. The van der Waals surface area contributed by atoms with Gasteiger partial charge >= 0.3 is 0 Å². The SMILES string of the molecule is CC(C)COC(C(=O)c1ccccc1)c1ccccc1.O=c1ccc2cc3ccccc3sc-2c1. The Morgan fingerprint density at radius 2 is 1.46 bits per heavy atom. The lowest BCUT2D eigenvalue weighted by atomic mass is 10.00. The highest BCUT2D eigenvalue weighted by Gasteiger charge is 2.22. The first kappa shape index (κ1) is 24.5. The van der Waals surface area contributed by atoms with Crippen LogP contribution >= 0.6 is 11.3 Å². The van der Waals surface area contributed by atoms with Crippen LogP contribution in [-0.2, 0) is 4.74 Å². The lowest BCUT2D eigenvalue weighted by molar-refractivity contribution is 0.0308. The van der Waals surface area contributed by atoms with Gasteiger partial charge in [0.1, 0.15) is 6.10 Å². The van der Waals surface area contributed by atoms with Gasteiger partial charge in [-0.1, -0.05) is 92.7 Å². The van der Waals surface area contributed by atoms with Crippen LogP contribution in [0, 0.1) is 5.92 Å². The normalized spacial score (nSPS) is 11.7. The summed E-state index contributed by atoms with van der Waals surface area (Å²) in [6.45, 7) is 4.72. The van der Waals surface area contributed by atoms with E-state index in [4.69, 9.17) is 4.74 Å². The van der Waals surface area contributed by atoms with Gasteiger partial charge in [-0.25, -0.2) is 0 Å². The maximum Gasteiger partial charge on any atom is 0.196 e. The van der Waals surface area contributed by atoms with Crippen molar-refractivity contribution in [1.29, 1.82) is 0 Å². The second-order valence-corrected chi connectivity index (χ2v) is 9.82. The molecule has 1 heterocycles. The molecule has 35 heavy (non-hydrogen) atoms. The molecule has 4 heteroatoms. The van der Waals surface area contributed by atoms with Crippen molar-refractivity contribution >= 4 is 27.2 Å². The van der Waals surface area contributed by atoms with Crippen LogP contribution in [0.5, 0.6) is 0 Å². The van der Waals surface area contributed by atoms with Crippen LogP contribution in [0.1, 0.15) is 35.9 Å². The van der Waals surface area contributed by atoms with Crippen LogP contribution in [0.4, 0.5) is 0 Å². The van der Waals surface area contributed by atoms with Gasteiger partial charge in [0.05, 0.1) is 6.61 Å². The maximum absolute atomic E-state index is 12.6. The van der Waals surface area contributed by atoms with E-state index in [0.29, 0.717) is 18.1 Å². The van der Waals surface area contributed by atoms with Crippen LogP contribution in [0.2, 0.25) is 0 Å². The Hall–Kier alpha value is -3.60. The molecular weight excluding hydrogens is 452 g/mol. The summed E-state index contributed by atoms with van der Waals surface area (Å²) in [5.74, 6) is 0.405. The molecule has 0 radical (unpaired) electrons. The van der Waals surface area contributed by atoms with Crippen molar-refractivity contribution in [1.82, 2.24) is 0 Å². The third-order valence-corrected chi connectivity index (χ3v) is 6.60. The number of Topliss-reactive ketones (excluding diaryl/α,β-unsaturated/α-hetero) is 1. The molecule has 2 aliphatic rings. The molecule has 0 saturated heterocycles. The average molecular weight is 481 g/mol. The fourth-order valence-corrected chi connectivity index (χ4v) is 4.74. The van der Waals surface area contributed by atoms with E-state index in [1.807, 2.05) is 78.9 Å². The standard InChI is InChI=1S/C18H20O2.C13H8OS/c1-14(2)13-20-18(16-11-7-4-8-12-16)17(19)15-9-5-3-6-10-15;14-11-6-5-10-7-9-3-1-2-4-12(9)15-13(10)8-11/h3-12,14,18H,13H2,1-2H3;1-8H. The van der Waals surface area contributed by atoms with Gasteiger partial charge in [-0.2, -0.15) is 0 Å². The largest absolute Gasteiger partial charge is 0.365 e. The molecule has 0 bridgehead atoms. The highest BCUT2D eigenvalue weighted by atomic mass is 32.1. The smallest absolute Gasteiger partial charge is 0.196 e. The molecule has 1 aliphatic carbocycles. The van der Waals surface area contributed by atoms with Crippen LogP contribution in [0.3, 0.4) is 0 Å². The summed E-state index contributed by atoms with van der Waals surface area (Å²) >= 11 is 1.67. The third kappa shape index (κ3) is 6.50. The molecule has 0 aromatic heterocycles. The van der Waals surface area contributed by atoms with E-state index in [0.717, 1.165) is 16.0 Å². The predicted molar refractivity (Wildman–Crippen MR) is 145 cm³/mol. The van der Waals surface area contributed by atoms with Crippen LogP contribution < -0.4 is 5.43 Å². The average Bonchev–Trinajstić information content (AvgIpc) is 2.89. The summed E-state index contributed by atoms with van der Waals surface area (Å²) in [7, 11) is 0. The first-order chi connectivity index (χ1) is 17.0. The van der Waals surface area contributed by atoms with Gasteiger partial charge in [0.15, 0.2) is 11.2 Å². The number of fused-ring (bicyclic) bond motifs is 2. The zero-order valence-electron chi connectivity index (χ0n) is 19.9. The zero-order chi connectivity index (χ0) is 24.6. The van der Waals surface area contributed by atoms with E-state index in [-0.39, 0.29) is 11.2 Å². The molecule has 176 valence electrons. The van der Waals surface area contributed by atoms with Crippen LogP contribution in [-0.4, -0.2) is 12.4 Å². The van der Waals surface area contributed by atoms with Gasteiger partial charge in [-0.3, -0.25) is 9.59 Å². The topological polar surface area (TPSA) is 43.4 Å². The number of hydrogen-bond acceptors (Lipinski definition) is 4. The summed E-state index contributed by atoms with van der Waals surface area (Å²) in [4.78, 5) is 24.9. The van der Waals surface area contributed by atoms with Gasteiger partial charge in [0.2, 0.25) is 0 Å². The molecule has 3 aromatic carbocycles. The van der Waals surface area contributed by atoms with Crippen molar-refractivity contribution in [3.8, 4) is 10.4 Å². The maximum atomic E-state index is 12.6. The van der Waals surface area contributed by atoms with Crippen molar-refractivity contribution in [2.24, 2.45) is 5.92 Å². The number of ketones is 1. The first-order valence-electron chi connectivity index (χ1n) is 11.7. The van der Waals surface area contributed by atoms with Crippen molar-refractivity contribution in [2.75, 3.05) is 6.61 Å². The minimum Gasteiger partial charge on any atom is -0.365 e. The van der Waals surface area contributed by atoms with Gasteiger partial charge in [0, 0.05) is 21.2 Å². The van der Waals surface area contributed by atoms with Gasteiger partial charge in [-0.05, 0) is 46.7 Å². The number of carbonyl (C=O) groups excluding carboxylic acids is 1. The number of benzene rings is 4. The molecule has 1 atom stereocenters. The lowest BCUT2D eigenvalue weighted by Crippen LogP contribution is -2.18. The van der Waals surface area contributed by atoms with Gasteiger partial charge < -0.3 is 4.74 Å². The zero-order valence-corrected chi connectivity index (χ0v) is 20.7. The summed E-state index contributed by atoms with van der Waals surface area (Å²) in [5.41, 5.74) is 2.81. The second kappa shape index (κ2) is 11.7. The minimum absolute atomic E-state index is 0.0115. The number of rotatable bonds is 6.